The van der Waals surface area contributed by atoms with E-state index >= 15 is 0 Å². The van der Waals surface area contributed by atoms with Crippen LogP contribution in [0.2, 0.25) is 0 Å². The molecule has 0 aromatic heterocycles. The molecule has 1 saturated heterocycles. The van der Waals surface area contributed by atoms with Gasteiger partial charge in [-0.25, -0.2) is 0 Å². The van der Waals surface area contributed by atoms with Crippen molar-refractivity contribution < 1.29 is 0 Å². The lowest BCUT2D eigenvalue weighted by molar-refractivity contribution is 0.202. The van der Waals surface area contributed by atoms with Crippen LogP contribution in [-0.2, 0) is 0 Å². The largest absolute Gasteiger partial charge is 0.329 e. The van der Waals surface area contributed by atoms with Gasteiger partial charge in [-0.2, -0.15) is 11.8 Å². The Morgan fingerprint density at radius 2 is 2.13 bits per heavy atom. The molecular weight excluding hydrogens is 204 g/mol. The molecule has 1 unspecified atom stereocenters. The Morgan fingerprint density at radius 1 is 1.27 bits per heavy atom. The molecule has 1 heterocycles. The lowest BCUT2D eigenvalue weighted by atomic mass is 10.1. The Balaban J connectivity index is 2.27. The first-order valence-electron chi connectivity index (χ1n) is 6.40. The van der Waals surface area contributed by atoms with Crippen LogP contribution in [0.4, 0.5) is 0 Å². The Hall–Kier alpha value is 0.270. The SMILES string of the molecule is CCCCCC(CN)N1CCCSCC1. The van der Waals surface area contributed by atoms with Gasteiger partial charge < -0.3 is 5.73 Å². The zero-order valence-corrected chi connectivity index (χ0v) is 10.9. The molecule has 0 bridgehead atoms. The van der Waals surface area contributed by atoms with E-state index < -0.39 is 0 Å². The van der Waals surface area contributed by atoms with Gasteiger partial charge in [-0.15, -0.1) is 0 Å². The fourth-order valence-electron chi connectivity index (χ4n) is 2.21. The normalized spacial score (nSPS) is 21.2. The molecule has 1 fully saturated rings. The summed E-state index contributed by atoms with van der Waals surface area (Å²) in [7, 11) is 0. The average molecular weight is 230 g/mol. The summed E-state index contributed by atoms with van der Waals surface area (Å²) in [6, 6.07) is 0.648. The van der Waals surface area contributed by atoms with Crippen LogP contribution in [0, 0.1) is 0 Å². The summed E-state index contributed by atoms with van der Waals surface area (Å²) in [5, 5.41) is 0. The van der Waals surface area contributed by atoms with Gasteiger partial charge in [0, 0.05) is 24.9 Å². The number of thioether (sulfide) groups is 1. The number of hydrogen-bond acceptors (Lipinski definition) is 3. The first-order valence-corrected chi connectivity index (χ1v) is 7.55. The minimum Gasteiger partial charge on any atom is -0.329 e. The molecule has 15 heavy (non-hydrogen) atoms. The summed E-state index contributed by atoms with van der Waals surface area (Å²) in [5.74, 6) is 2.63. The summed E-state index contributed by atoms with van der Waals surface area (Å²) >= 11 is 2.09. The number of unbranched alkanes of at least 4 members (excludes halogenated alkanes) is 2. The van der Waals surface area contributed by atoms with Crippen LogP contribution < -0.4 is 5.73 Å². The highest BCUT2D eigenvalue weighted by Gasteiger charge is 2.17. The van der Waals surface area contributed by atoms with Gasteiger partial charge in [0.15, 0.2) is 0 Å². The predicted octanol–water partition coefficient (Wildman–Crippen LogP) is 2.33. The van der Waals surface area contributed by atoms with Crippen LogP contribution in [0.25, 0.3) is 0 Å². The maximum absolute atomic E-state index is 5.89. The highest BCUT2D eigenvalue weighted by atomic mass is 32.2. The molecule has 0 saturated carbocycles. The molecule has 0 amide bonds. The quantitative estimate of drug-likeness (QED) is 0.710. The monoisotopic (exact) mass is 230 g/mol. The molecule has 0 spiro atoms. The van der Waals surface area contributed by atoms with Crippen molar-refractivity contribution in [2.24, 2.45) is 5.73 Å². The van der Waals surface area contributed by atoms with Gasteiger partial charge in [-0.05, 0) is 25.1 Å². The van der Waals surface area contributed by atoms with Crippen molar-refractivity contribution in [3.05, 3.63) is 0 Å². The molecule has 3 heteroatoms. The minimum absolute atomic E-state index is 0.648. The van der Waals surface area contributed by atoms with Crippen molar-refractivity contribution in [1.29, 1.82) is 0 Å². The highest BCUT2D eigenvalue weighted by molar-refractivity contribution is 7.99. The van der Waals surface area contributed by atoms with Crippen LogP contribution in [-0.4, -0.2) is 42.1 Å². The van der Waals surface area contributed by atoms with E-state index in [9.17, 15) is 0 Å². The van der Waals surface area contributed by atoms with Gasteiger partial charge in [-0.3, -0.25) is 4.90 Å². The van der Waals surface area contributed by atoms with Crippen LogP contribution in [0.3, 0.4) is 0 Å². The lowest BCUT2D eigenvalue weighted by Crippen LogP contribution is -2.41. The van der Waals surface area contributed by atoms with E-state index in [2.05, 4.69) is 23.6 Å². The first kappa shape index (κ1) is 13.3. The van der Waals surface area contributed by atoms with Gasteiger partial charge >= 0.3 is 0 Å². The fraction of sp³-hybridized carbons (Fsp3) is 1.00. The summed E-state index contributed by atoms with van der Waals surface area (Å²) in [6.45, 7) is 5.62. The molecule has 2 N–H and O–H groups in total. The minimum atomic E-state index is 0.648. The van der Waals surface area contributed by atoms with Crippen molar-refractivity contribution in [2.75, 3.05) is 31.1 Å². The van der Waals surface area contributed by atoms with Crippen molar-refractivity contribution in [2.45, 2.75) is 45.1 Å². The zero-order valence-electron chi connectivity index (χ0n) is 10.1. The van der Waals surface area contributed by atoms with E-state index in [1.54, 1.807) is 0 Å². The van der Waals surface area contributed by atoms with Crippen molar-refractivity contribution in [1.82, 2.24) is 4.90 Å². The molecule has 90 valence electrons. The standard InChI is InChI=1S/C12H26N2S/c1-2-3-4-6-12(11-13)14-7-5-9-15-10-8-14/h12H,2-11,13H2,1H3. The molecule has 2 nitrogen and oxygen atoms in total. The first-order chi connectivity index (χ1) is 7.38. The molecule has 0 aromatic rings. The molecule has 1 aliphatic rings. The lowest BCUT2D eigenvalue weighted by Gasteiger charge is -2.29. The summed E-state index contributed by atoms with van der Waals surface area (Å²) < 4.78 is 0. The van der Waals surface area contributed by atoms with Crippen molar-refractivity contribution >= 4 is 11.8 Å². The second-order valence-corrected chi connectivity index (χ2v) is 5.61. The van der Waals surface area contributed by atoms with Gasteiger partial charge in [0.1, 0.15) is 0 Å². The van der Waals surface area contributed by atoms with Crippen molar-refractivity contribution in [3.8, 4) is 0 Å². The zero-order chi connectivity index (χ0) is 10.9. The van der Waals surface area contributed by atoms with E-state index in [-0.39, 0.29) is 0 Å². The molecule has 1 aliphatic heterocycles. The molecule has 1 atom stereocenters. The third-order valence-electron chi connectivity index (χ3n) is 3.19. The second-order valence-electron chi connectivity index (χ2n) is 4.39. The molecular formula is C12H26N2S. The second kappa shape index (κ2) is 8.43. The Kier molecular flexibility index (Phi) is 7.49. The van der Waals surface area contributed by atoms with E-state index in [1.807, 2.05) is 0 Å². The highest BCUT2D eigenvalue weighted by Crippen LogP contribution is 2.15. The maximum Gasteiger partial charge on any atom is 0.0218 e. The Bertz CT molecular complexity index is 145. The van der Waals surface area contributed by atoms with Crippen LogP contribution in [0.15, 0.2) is 0 Å². The third kappa shape index (κ3) is 5.23. The number of hydrogen-bond donors (Lipinski definition) is 1. The van der Waals surface area contributed by atoms with Crippen LogP contribution in [0.1, 0.15) is 39.0 Å². The Morgan fingerprint density at radius 3 is 2.87 bits per heavy atom. The number of nitrogens with two attached hydrogens (primary N) is 1. The topological polar surface area (TPSA) is 29.3 Å². The maximum atomic E-state index is 5.89. The fourth-order valence-corrected chi connectivity index (χ4v) is 3.11. The van der Waals surface area contributed by atoms with Gasteiger partial charge in [-0.1, -0.05) is 26.2 Å². The van der Waals surface area contributed by atoms with E-state index in [4.69, 9.17) is 5.73 Å². The smallest absolute Gasteiger partial charge is 0.0218 e. The van der Waals surface area contributed by atoms with Gasteiger partial charge in [0.2, 0.25) is 0 Å². The van der Waals surface area contributed by atoms with Crippen molar-refractivity contribution in [3.63, 3.8) is 0 Å². The molecule has 1 rings (SSSR count). The summed E-state index contributed by atoms with van der Waals surface area (Å²) in [5.41, 5.74) is 5.89. The van der Waals surface area contributed by atoms with Gasteiger partial charge in [0.05, 0.1) is 0 Å². The van der Waals surface area contributed by atoms with E-state index in [1.165, 1.54) is 56.7 Å². The average Bonchev–Trinajstić information content (AvgIpc) is 2.53. The van der Waals surface area contributed by atoms with Gasteiger partial charge in [0.25, 0.3) is 0 Å². The number of rotatable bonds is 6. The van der Waals surface area contributed by atoms with E-state index in [0.29, 0.717) is 6.04 Å². The number of nitrogens with zero attached hydrogens (tertiary/aromatic N) is 1. The van der Waals surface area contributed by atoms with Crippen LogP contribution >= 0.6 is 11.8 Å². The third-order valence-corrected chi connectivity index (χ3v) is 4.23. The summed E-state index contributed by atoms with van der Waals surface area (Å²) in [4.78, 5) is 2.62. The van der Waals surface area contributed by atoms with Crippen LogP contribution in [0.5, 0.6) is 0 Å². The molecule has 0 aliphatic carbocycles. The predicted molar refractivity (Wildman–Crippen MR) is 70.5 cm³/mol. The Labute approximate surface area is 99.0 Å². The summed E-state index contributed by atoms with van der Waals surface area (Å²) in [6.07, 6.45) is 6.66. The molecule has 0 aromatic carbocycles. The van der Waals surface area contributed by atoms with E-state index in [0.717, 1.165) is 6.54 Å². The molecule has 0 radical (unpaired) electrons.